The highest BCUT2D eigenvalue weighted by molar-refractivity contribution is 7.89. The molecule has 0 unspecified atom stereocenters. The van der Waals surface area contributed by atoms with Crippen LogP contribution in [-0.4, -0.2) is 27.9 Å². The lowest BCUT2D eigenvalue weighted by Gasteiger charge is -2.11. The van der Waals surface area contributed by atoms with Crippen LogP contribution in [0.2, 0.25) is 0 Å². The molecule has 1 rings (SSSR count). The Morgan fingerprint density at radius 3 is 2.48 bits per heavy atom. The van der Waals surface area contributed by atoms with Crippen LogP contribution in [0.15, 0.2) is 29.2 Å². The van der Waals surface area contributed by atoms with Gasteiger partial charge in [0.05, 0.1) is 5.69 Å². The monoisotopic (exact) mass is 313 g/mol. The molecule has 0 aromatic heterocycles. The number of sulfonamides is 1. The number of benzene rings is 1. The van der Waals surface area contributed by atoms with Gasteiger partial charge in [-0.3, -0.25) is 4.79 Å². The van der Waals surface area contributed by atoms with E-state index >= 15 is 0 Å². The summed E-state index contributed by atoms with van der Waals surface area (Å²) in [4.78, 5) is 11.9. The quantitative estimate of drug-likeness (QED) is 0.600. The van der Waals surface area contributed by atoms with Gasteiger partial charge in [0.15, 0.2) is 0 Å². The van der Waals surface area contributed by atoms with E-state index in [1.807, 2.05) is 0 Å². The summed E-state index contributed by atoms with van der Waals surface area (Å²) in [5.41, 5.74) is 5.71. The van der Waals surface area contributed by atoms with Crippen LogP contribution in [0.1, 0.15) is 32.1 Å². The number of carbonyl (C=O) groups excluding carboxylic acids is 1. The van der Waals surface area contributed by atoms with E-state index in [0.717, 1.165) is 25.7 Å². The van der Waals surface area contributed by atoms with Crippen molar-refractivity contribution in [3.8, 4) is 0 Å². The summed E-state index contributed by atoms with van der Waals surface area (Å²) in [6, 6.07) is 6.34. The first-order chi connectivity index (χ1) is 10.0. The number of nitrogens with one attached hydrogen (secondary N) is 2. The zero-order valence-corrected chi connectivity index (χ0v) is 13.1. The number of hydrogen-bond donors (Lipinski definition) is 3. The number of anilines is 1. The fourth-order valence-corrected chi connectivity index (χ4v) is 2.80. The predicted octanol–water partition coefficient (Wildman–Crippen LogP) is 1.44. The lowest BCUT2D eigenvalue weighted by atomic mass is 10.1. The van der Waals surface area contributed by atoms with Crippen molar-refractivity contribution in [1.82, 2.24) is 4.72 Å². The molecule has 0 bridgehead atoms. The van der Waals surface area contributed by atoms with Gasteiger partial charge in [-0.05, 0) is 38.6 Å². The molecule has 118 valence electrons. The molecule has 1 aromatic carbocycles. The van der Waals surface area contributed by atoms with Crippen molar-refractivity contribution < 1.29 is 13.2 Å². The molecular weight excluding hydrogens is 290 g/mol. The lowest BCUT2D eigenvalue weighted by molar-refractivity contribution is -0.116. The van der Waals surface area contributed by atoms with E-state index in [-0.39, 0.29) is 10.8 Å². The van der Waals surface area contributed by atoms with Crippen molar-refractivity contribution in [3.05, 3.63) is 24.3 Å². The zero-order chi connectivity index (χ0) is 15.7. The second-order valence-electron chi connectivity index (χ2n) is 4.70. The van der Waals surface area contributed by atoms with Gasteiger partial charge in [0.1, 0.15) is 4.90 Å². The van der Waals surface area contributed by atoms with Gasteiger partial charge in [0.2, 0.25) is 15.9 Å². The van der Waals surface area contributed by atoms with Gasteiger partial charge in [-0.2, -0.15) is 0 Å². The molecule has 0 radical (unpaired) electrons. The Balaban J connectivity index is 2.61. The number of amides is 1. The summed E-state index contributed by atoms with van der Waals surface area (Å²) < 4.78 is 26.0. The largest absolute Gasteiger partial charge is 0.330 e. The average Bonchev–Trinajstić information content (AvgIpc) is 2.47. The third kappa shape index (κ3) is 5.82. The molecule has 0 aliphatic heterocycles. The van der Waals surface area contributed by atoms with E-state index < -0.39 is 10.0 Å². The van der Waals surface area contributed by atoms with Gasteiger partial charge >= 0.3 is 0 Å². The Bertz CT molecular complexity index is 558. The summed E-state index contributed by atoms with van der Waals surface area (Å²) >= 11 is 0. The van der Waals surface area contributed by atoms with E-state index in [9.17, 15) is 13.2 Å². The number of hydrogen-bond acceptors (Lipinski definition) is 4. The highest BCUT2D eigenvalue weighted by Gasteiger charge is 2.17. The first-order valence-electron chi connectivity index (χ1n) is 7.03. The number of rotatable bonds is 9. The summed E-state index contributed by atoms with van der Waals surface area (Å²) in [5, 5.41) is 2.66. The molecule has 6 nitrogen and oxygen atoms in total. The van der Waals surface area contributed by atoms with E-state index in [4.69, 9.17) is 5.73 Å². The Morgan fingerprint density at radius 2 is 1.81 bits per heavy atom. The van der Waals surface area contributed by atoms with E-state index in [0.29, 0.717) is 18.7 Å². The predicted molar refractivity (Wildman–Crippen MR) is 83.5 cm³/mol. The maximum atomic E-state index is 11.9. The van der Waals surface area contributed by atoms with Gasteiger partial charge in [0, 0.05) is 6.42 Å². The minimum atomic E-state index is -3.59. The molecule has 1 aromatic rings. The maximum absolute atomic E-state index is 11.9. The highest BCUT2D eigenvalue weighted by Crippen LogP contribution is 2.20. The molecule has 0 spiro atoms. The van der Waals surface area contributed by atoms with Crippen molar-refractivity contribution in [2.24, 2.45) is 5.73 Å². The topological polar surface area (TPSA) is 101 Å². The Morgan fingerprint density at radius 1 is 1.14 bits per heavy atom. The van der Waals surface area contributed by atoms with Gasteiger partial charge < -0.3 is 11.1 Å². The van der Waals surface area contributed by atoms with E-state index in [1.54, 1.807) is 18.2 Å². The van der Waals surface area contributed by atoms with Crippen LogP contribution in [0.5, 0.6) is 0 Å². The Hall–Kier alpha value is -1.44. The van der Waals surface area contributed by atoms with Crippen molar-refractivity contribution in [1.29, 1.82) is 0 Å². The third-order valence-corrected chi connectivity index (χ3v) is 4.55. The van der Waals surface area contributed by atoms with Crippen LogP contribution in [-0.2, 0) is 14.8 Å². The third-order valence-electron chi connectivity index (χ3n) is 3.08. The summed E-state index contributed by atoms with van der Waals surface area (Å²) in [5.74, 6) is -0.179. The minimum Gasteiger partial charge on any atom is -0.330 e. The second-order valence-corrected chi connectivity index (χ2v) is 6.56. The molecule has 0 heterocycles. The van der Waals surface area contributed by atoms with Crippen molar-refractivity contribution in [2.45, 2.75) is 37.0 Å². The number of para-hydroxylation sites is 1. The average molecular weight is 313 g/mol. The smallest absolute Gasteiger partial charge is 0.242 e. The Labute approximate surface area is 126 Å². The molecule has 0 aliphatic carbocycles. The van der Waals surface area contributed by atoms with Crippen molar-refractivity contribution >= 4 is 21.6 Å². The normalized spacial score (nSPS) is 11.3. The van der Waals surface area contributed by atoms with Gasteiger partial charge in [-0.15, -0.1) is 0 Å². The van der Waals surface area contributed by atoms with Crippen LogP contribution >= 0.6 is 0 Å². The second kappa shape index (κ2) is 8.76. The standard InChI is InChI=1S/C14H23N3O3S/c1-16-21(19,20)13-9-6-5-8-12(13)17-14(18)10-4-2-3-7-11-15/h5-6,8-9,16H,2-4,7,10-11,15H2,1H3,(H,17,18). The van der Waals surface area contributed by atoms with Crippen molar-refractivity contribution in [3.63, 3.8) is 0 Å². The SMILES string of the molecule is CNS(=O)(=O)c1ccccc1NC(=O)CCCCCCN. The molecule has 4 N–H and O–H groups in total. The first kappa shape index (κ1) is 17.6. The summed E-state index contributed by atoms with van der Waals surface area (Å²) in [7, 11) is -2.25. The molecule has 0 saturated carbocycles. The highest BCUT2D eigenvalue weighted by atomic mass is 32.2. The van der Waals surface area contributed by atoms with Crippen LogP contribution in [0.3, 0.4) is 0 Å². The van der Waals surface area contributed by atoms with Gasteiger partial charge in [0.25, 0.3) is 0 Å². The Kier molecular flexibility index (Phi) is 7.35. The minimum absolute atomic E-state index is 0.0731. The molecule has 0 atom stereocenters. The molecule has 0 saturated heterocycles. The summed E-state index contributed by atoms with van der Waals surface area (Å²) in [6.07, 6.45) is 4.06. The molecule has 0 aliphatic rings. The number of carbonyl (C=O) groups is 1. The lowest BCUT2D eigenvalue weighted by Crippen LogP contribution is -2.21. The maximum Gasteiger partial charge on any atom is 0.242 e. The van der Waals surface area contributed by atoms with Crippen LogP contribution in [0, 0.1) is 0 Å². The zero-order valence-electron chi connectivity index (χ0n) is 12.3. The molecule has 7 heteroatoms. The van der Waals surface area contributed by atoms with Crippen LogP contribution in [0.4, 0.5) is 5.69 Å². The number of unbranched alkanes of at least 4 members (excludes halogenated alkanes) is 3. The number of nitrogens with two attached hydrogens (primary N) is 1. The molecule has 0 fully saturated rings. The fourth-order valence-electron chi connectivity index (χ4n) is 1.91. The van der Waals surface area contributed by atoms with Gasteiger partial charge in [-0.25, -0.2) is 13.1 Å². The first-order valence-corrected chi connectivity index (χ1v) is 8.52. The van der Waals surface area contributed by atoms with Crippen LogP contribution < -0.4 is 15.8 Å². The molecular formula is C14H23N3O3S. The fraction of sp³-hybridized carbons (Fsp3) is 0.500. The summed E-state index contributed by atoms with van der Waals surface area (Å²) in [6.45, 7) is 0.668. The van der Waals surface area contributed by atoms with Gasteiger partial charge in [-0.1, -0.05) is 25.0 Å². The molecule has 21 heavy (non-hydrogen) atoms. The molecule has 1 amide bonds. The van der Waals surface area contributed by atoms with E-state index in [2.05, 4.69) is 10.0 Å². The van der Waals surface area contributed by atoms with Crippen molar-refractivity contribution in [2.75, 3.05) is 18.9 Å². The van der Waals surface area contributed by atoms with E-state index in [1.165, 1.54) is 13.1 Å². The van der Waals surface area contributed by atoms with Crippen LogP contribution in [0.25, 0.3) is 0 Å².